The van der Waals surface area contributed by atoms with Crippen LogP contribution in [-0.4, -0.2) is 48.0 Å². The van der Waals surface area contributed by atoms with Crippen molar-refractivity contribution in [1.29, 1.82) is 0 Å². The average molecular weight is 340 g/mol. The van der Waals surface area contributed by atoms with Crippen molar-refractivity contribution in [2.45, 2.75) is 31.8 Å². The second-order valence-electron chi connectivity index (χ2n) is 6.93. The number of carbonyl (C=O) groups is 1. The van der Waals surface area contributed by atoms with Crippen molar-refractivity contribution in [2.75, 3.05) is 31.2 Å². The number of ether oxygens (including phenoxy) is 1. The van der Waals surface area contributed by atoms with E-state index in [9.17, 15) is 4.79 Å². The summed E-state index contributed by atoms with van der Waals surface area (Å²) in [6.07, 6.45) is 0. The zero-order chi connectivity index (χ0) is 17.4. The van der Waals surface area contributed by atoms with Gasteiger partial charge in [0.05, 0.1) is 25.3 Å². The van der Waals surface area contributed by atoms with Crippen LogP contribution in [0, 0.1) is 0 Å². The molecule has 2 aromatic rings. The minimum atomic E-state index is -0.0452. The van der Waals surface area contributed by atoms with Gasteiger partial charge in [-0.1, -0.05) is 37.3 Å². The van der Waals surface area contributed by atoms with Gasteiger partial charge in [0.25, 0.3) is 5.91 Å². The van der Waals surface area contributed by atoms with Gasteiger partial charge in [-0.25, -0.2) is 0 Å². The lowest BCUT2D eigenvalue weighted by Crippen LogP contribution is -2.44. The molecule has 0 radical (unpaired) electrons. The van der Waals surface area contributed by atoms with Crippen LogP contribution in [0.5, 0.6) is 0 Å². The molecule has 4 rings (SSSR count). The first-order chi connectivity index (χ1) is 12.1. The number of anilines is 1. The molecular formula is C19H24N4O2. The minimum Gasteiger partial charge on any atom is -0.377 e. The maximum absolute atomic E-state index is 12.4. The third-order valence-corrected chi connectivity index (χ3v) is 5.31. The van der Waals surface area contributed by atoms with Crippen LogP contribution in [0.25, 0.3) is 0 Å². The number of nitrogens with one attached hydrogen (secondary N) is 1. The van der Waals surface area contributed by atoms with Gasteiger partial charge in [0.2, 0.25) is 0 Å². The van der Waals surface area contributed by atoms with E-state index in [1.165, 1.54) is 5.56 Å². The second-order valence-corrected chi connectivity index (χ2v) is 6.93. The van der Waals surface area contributed by atoms with E-state index in [4.69, 9.17) is 9.84 Å². The molecule has 1 saturated heterocycles. The fourth-order valence-corrected chi connectivity index (χ4v) is 3.75. The van der Waals surface area contributed by atoms with Gasteiger partial charge in [-0.15, -0.1) is 0 Å². The number of aromatic nitrogens is 2. The van der Waals surface area contributed by atoms with Gasteiger partial charge in [0.1, 0.15) is 5.69 Å². The van der Waals surface area contributed by atoms with Gasteiger partial charge in [0.15, 0.2) is 5.82 Å². The highest BCUT2D eigenvalue weighted by Crippen LogP contribution is 2.32. The Balaban J connectivity index is 1.68. The van der Waals surface area contributed by atoms with E-state index in [1.807, 2.05) is 16.8 Å². The average Bonchev–Trinajstić information content (AvgIpc) is 3.08. The second kappa shape index (κ2) is 6.52. The third-order valence-electron chi connectivity index (χ3n) is 5.31. The molecule has 1 aromatic carbocycles. The van der Waals surface area contributed by atoms with Crippen LogP contribution in [0.4, 0.5) is 5.82 Å². The molecule has 1 aromatic heterocycles. The lowest BCUT2D eigenvalue weighted by Gasteiger charge is -2.33. The third kappa shape index (κ3) is 2.91. The molecule has 6 heteroatoms. The summed E-state index contributed by atoms with van der Waals surface area (Å²) in [7, 11) is 0. The maximum Gasteiger partial charge on any atom is 0.269 e. The van der Waals surface area contributed by atoms with Gasteiger partial charge in [-0.2, -0.15) is 5.10 Å². The molecule has 3 atom stereocenters. The molecule has 1 fully saturated rings. The molecule has 1 unspecified atom stereocenters. The first kappa shape index (κ1) is 16.1. The highest BCUT2D eigenvalue weighted by atomic mass is 16.5. The fraction of sp³-hybridized carbons (Fsp3) is 0.474. The van der Waals surface area contributed by atoms with Gasteiger partial charge in [-0.3, -0.25) is 9.48 Å². The Kier molecular flexibility index (Phi) is 4.21. The Hall–Kier alpha value is -2.34. The molecule has 1 N–H and O–H groups in total. The van der Waals surface area contributed by atoms with Gasteiger partial charge < -0.3 is 15.0 Å². The highest BCUT2D eigenvalue weighted by Gasteiger charge is 2.33. The molecular weight excluding hydrogens is 316 g/mol. The Labute approximate surface area is 147 Å². The van der Waals surface area contributed by atoms with Crippen molar-refractivity contribution in [2.24, 2.45) is 0 Å². The van der Waals surface area contributed by atoms with E-state index in [0.717, 1.165) is 12.4 Å². The summed E-state index contributed by atoms with van der Waals surface area (Å²) in [5, 5.41) is 7.85. The van der Waals surface area contributed by atoms with Gasteiger partial charge in [-0.05, 0) is 12.5 Å². The SMILES string of the molecule is C[C@H](c1ccccc1)C1CNC(=O)c2cc(N3CCOC[C@H]3C)nn21. The van der Waals surface area contributed by atoms with Crippen LogP contribution in [-0.2, 0) is 4.74 Å². The van der Waals surface area contributed by atoms with Crippen molar-refractivity contribution < 1.29 is 9.53 Å². The molecule has 2 aliphatic rings. The molecule has 0 bridgehead atoms. The van der Waals surface area contributed by atoms with Gasteiger partial charge in [0, 0.05) is 25.1 Å². The highest BCUT2D eigenvalue weighted by molar-refractivity contribution is 5.94. The smallest absolute Gasteiger partial charge is 0.269 e. The number of hydrogen-bond acceptors (Lipinski definition) is 4. The van der Waals surface area contributed by atoms with Crippen LogP contribution in [0.1, 0.15) is 41.9 Å². The molecule has 0 saturated carbocycles. The molecule has 3 heterocycles. The Morgan fingerprint density at radius 3 is 2.88 bits per heavy atom. The number of morpholine rings is 1. The molecule has 0 aliphatic carbocycles. The van der Waals surface area contributed by atoms with E-state index in [1.54, 1.807) is 0 Å². The molecule has 132 valence electrons. The Bertz CT molecular complexity index is 758. The largest absolute Gasteiger partial charge is 0.377 e. The van der Waals surface area contributed by atoms with Crippen LogP contribution in [0.3, 0.4) is 0 Å². The van der Waals surface area contributed by atoms with Crippen LogP contribution >= 0.6 is 0 Å². The van der Waals surface area contributed by atoms with E-state index < -0.39 is 0 Å². The number of fused-ring (bicyclic) bond motifs is 1. The summed E-state index contributed by atoms with van der Waals surface area (Å²) in [5.41, 5.74) is 1.90. The summed E-state index contributed by atoms with van der Waals surface area (Å²) >= 11 is 0. The van der Waals surface area contributed by atoms with Crippen LogP contribution < -0.4 is 10.2 Å². The molecule has 0 spiro atoms. The Morgan fingerprint density at radius 1 is 1.32 bits per heavy atom. The number of nitrogens with zero attached hydrogens (tertiary/aromatic N) is 3. The molecule has 1 amide bonds. The van der Waals surface area contributed by atoms with Crippen LogP contribution in [0.2, 0.25) is 0 Å². The number of rotatable bonds is 3. The van der Waals surface area contributed by atoms with E-state index >= 15 is 0 Å². The fourth-order valence-electron chi connectivity index (χ4n) is 3.75. The summed E-state index contributed by atoms with van der Waals surface area (Å²) in [6, 6.07) is 12.7. The monoisotopic (exact) mass is 340 g/mol. The number of amides is 1. The normalized spacial score (nSPS) is 24.6. The van der Waals surface area contributed by atoms with E-state index in [0.29, 0.717) is 25.5 Å². The van der Waals surface area contributed by atoms with Crippen molar-refractivity contribution in [3.05, 3.63) is 47.7 Å². The zero-order valence-electron chi connectivity index (χ0n) is 14.7. The quantitative estimate of drug-likeness (QED) is 0.931. The molecule has 25 heavy (non-hydrogen) atoms. The van der Waals surface area contributed by atoms with Crippen LogP contribution in [0.15, 0.2) is 36.4 Å². The van der Waals surface area contributed by atoms with Crippen molar-refractivity contribution in [3.8, 4) is 0 Å². The Morgan fingerprint density at radius 2 is 2.12 bits per heavy atom. The predicted molar refractivity (Wildman–Crippen MR) is 96.1 cm³/mol. The summed E-state index contributed by atoms with van der Waals surface area (Å²) < 4.78 is 7.44. The standard InChI is InChI=1S/C19H24N4O2/c1-13-12-25-9-8-22(13)18-10-16-19(24)20-11-17(23(16)21-18)14(2)15-6-4-3-5-7-15/h3-7,10,13-14,17H,8-9,11-12H2,1-2H3,(H,20,24)/t13-,14-,17?/m1/s1. The van der Waals surface area contributed by atoms with Crippen molar-refractivity contribution >= 4 is 11.7 Å². The number of carbonyl (C=O) groups excluding carboxylic acids is 1. The predicted octanol–water partition coefficient (Wildman–Crippen LogP) is 2.20. The number of benzene rings is 1. The molecule has 6 nitrogen and oxygen atoms in total. The van der Waals surface area contributed by atoms with E-state index in [-0.39, 0.29) is 23.9 Å². The maximum atomic E-state index is 12.4. The molecule has 2 aliphatic heterocycles. The first-order valence-corrected chi connectivity index (χ1v) is 8.92. The van der Waals surface area contributed by atoms with Crippen molar-refractivity contribution in [1.82, 2.24) is 15.1 Å². The lowest BCUT2D eigenvalue weighted by atomic mass is 9.92. The van der Waals surface area contributed by atoms with E-state index in [2.05, 4.69) is 48.3 Å². The van der Waals surface area contributed by atoms with Gasteiger partial charge >= 0.3 is 0 Å². The topological polar surface area (TPSA) is 59.4 Å². The summed E-state index contributed by atoms with van der Waals surface area (Å²) in [6.45, 7) is 7.11. The number of hydrogen-bond donors (Lipinski definition) is 1. The summed E-state index contributed by atoms with van der Waals surface area (Å²) in [5.74, 6) is 1.08. The first-order valence-electron chi connectivity index (χ1n) is 8.92. The minimum absolute atomic E-state index is 0.0452. The summed E-state index contributed by atoms with van der Waals surface area (Å²) in [4.78, 5) is 14.6. The zero-order valence-corrected chi connectivity index (χ0v) is 14.7. The lowest BCUT2D eigenvalue weighted by molar-refractivity contribution is 0.0903. The van der Waals surface area contributed by atoms with Crippen molar-refractivity contribution in [3.63, 3.8) is 0 Å².